The van der Waals surface area contributed by atoms with Crippen molar-refractivity contribution in [2.24, 2.45) is 0 Å². The van der Waals surface area contributed by atoms with Gasteiger partial charge in [-0.1, -0.05) is 30.3 Å². The summed E-state index contributed by atoms with van der Waals surface area (Å²) in [6.45, 7) is 11.1. The van der Waals surface area contributed by atoms with Crippen LogP contribution >= 0.6 is 11.3 Å². The molecule has 1 atom stereocenters. The maximum absolute atomic E-state index is 6.10. The van der Waals surface area contributed by atoms with Crippen molar-refractivity contribution in [3.63, 3.8) is 0 Å². The van der Waals surface area contributed by atoms with Gasteiger partial charge in [0.05, 0.1) is 18.4 Å². The number of rotatable bonds is 7. The van der Waals surface area contributed by atoms with Crippen LogP contribution in [0.15, 0.2) is 35.7 Å². The van der Waals surface area contributed by atoms with Gasteiger partial charge in [-0.05, 0) is 32.8 Å². The predicted molar refractivity (Wildman–Crippen MR) is 104 cm³/mol. The van der Waals surface area contributed by atoms with Crippen LogP contribution in [0.4, 0.5) is 0 Å². The van der Waals surface area contributed by atoms with Crippen molar-refractivity contribution < 1.29 is 4.74 Å². The summed E-state index contributed by atoms with van der Waals surface area (Å²) in [6.07, 6.45) is 1.43. The summed E-state index contributed by atoms with van der Waals surface area (Å²) < 4.78 is 6.10. The van der Waals surface area contributed by atoms with E-state index in [-0.39, 0.29) is 5.54 Å². The number of hydrogen-bond acceptors (Lipinski definition) is 5. The lowest BCUT2D eigenvalue weighted by atomic mass is 10.1. The van der Waals surface area contributed by atoms with Crippen molar-refractivity contribution in [3.05, 3.63) is 52.0 Å². The fourth-order valence-corrected chi connectivity index (χ4v) is 3.68. The van der Waals surface area contributed by atoms with Crippen LogP contribution in [0.1, 0.15) is 43.5 Å². The lowest BCUT2D eigenvalue weighted by molar-refractivity contribution is 0.0445. The summed E-state index contributed by atoms with van der Waals surface area (Å²) >= 11 is 1.71. The van der Waals surface area contributed by atoms with Crippen LogP contribution in [-0.2, 0) is 24.4 Å². The molecule has 0 spiro atoms. The van der Waals surface area contributed by atoms with Crippen molar-refractivity contribution >= 4 is 11.3 Å². The maximum atomic E-state index is 6.10. The zero-order valence-electron chi connectivity index (χ0n) is 15.5. The lowest BCUT2D eigenvalue weighted by Gasteiger charge is -2.19. The molecule has 1 fully saturated rings. The Kier molecular flexibility index (Phi) is 6.23. The molecule has 1 aromatic carbocycles. The number of nitrogens with zero attached hydrogens (tertiary/aromatic N) is 2. The Balaban J connectivity index is 1.40. The van der Waals surface area contributed by atoms with E-state index in [0.29, 0.717) is 12.7 Å². The molecule has 4 nitrogen and oxygen atoms in total. The van der Waals surface area contributed by atoms with Crippen LogP contribution in [0.25, 0.3) is 0 Å². The third-order valence-corrected chi connectivity index (χ3v) is 5.21. The third kappa shape index (κ3) is 6.19. The van der Waals surface area contributed by atoms with E-state index in [0.717, 1.165) is 43.3 Å². The molecule has 0 amide bonds. The lowest BCUT2D eigenvalue weighted by Crippen LogP contribution is -2.35. The molecule has 3 rings (SSSR count). The normalized spacial score (nSPS) is 18.8. The molecular weight excluding hydrogens is 330 g/mol. The number of hydrogen-bond donors (Lipinski definition) is 1. The van der Waals surface area contributed by atoms with Crippen LogP contribution in [0, 0.1) is 0 Å². The highest BCUT2D eigenvalue weighted by molar-refractivity contribution is 7.09. The van der Waals surface area contributed by atoms with Crippen LogP contribution in [0.5, 0.6) is 0 Å². The first kappa shape index (κ1) is 18.5. The van der Waals surface area contributed by atoms with Gasteiger partial charge in [-0.2, -0.15) is 0 Å². The Morgan fingerprint density at radius 2 is 2.08 bits per heavy atom. The average Bonchev–Trinajstić information content (AvgIpc) is 3.20. The molecule has 1 unspecified atom stereocenters. The summed E-state index contributed by atoms with van der Waals surface area (Å²) in [5.41, 5.74) is 2.55. The number of aromatic nitrogens is 1. The predicted octanol–water partition coefficient (Wildman–Crippen LogP) is 3.82. The molecule has 5 heteroatoms. The summed E-state index contributed by atoms with van der Waals surface area (Å²) in [5.74, 6) is 0. The van der Waals surface area contributed by atoms with E-state index in [2.05, 4.69) is 71.7 Å². The van der Waals surface area contributed by atoms with Crippen molar-refractivity contribution in [2.75, 3.05) is 13.1 Å². The Hall–Kier alpha value is -1.27. The quantitative estimate of drug-likeness (QED) is 0.815. The van der Waals surface area contributed by atoms with E-state index in [1.807, 2.05) is 0 Å². The molecular formula is C20H29N3OS. The van der Waals surface area contributed by atoms with Gasteiger partial charge in [0.25, 0.3) is 0 Å². The number of nitrogens with one attached hydrogen (secondary N) is 1. The standard InChI is InChI=1S/C20H29N3OS/c1-20(2,3)21-11-19-22-17(15-25-19)14-24-18-9-10-23(13-18)12-16-7-5-4-6-8-16/h4-8,15,18,21H,9-14H2,1-3H3. The van der Waals surface area contributed by atoms with Gasteiger partial charge >= 0.3 is 0 Å². The average molecular weight is 360 g/mol. The number of likely N-dealkylation sites (tertiary alicyclic amines) is 1. The van der Waals surface area contributed by atoms with Gasteiger partial charge in [-0.15, -0.1) is 11.3 Å². The van der Waals surface area contributed by atoms with Gasteiger partial charge in [0, 0.05) is 37.1 Å². The van der Waals surface area contributed by atoms with Gasteiger partial charge in [0.15, 0.2) is 0 Å². The van der Waals surface area contributed by atoms with Gasteiger partial charge in [0.1, 0.15) is 5.01 Å². The highest BCUT2D eigenvalue weighted by atomic mass is 32.1. The van der Waals surface area contributed by atoms with Gasteiger partial charge in [-0.25, -0.2) is 4.98 Å². The first-order valence-corrected chi connectivity index (χ1v) is 9.92. The van der Waals surface area contributed by atoms with E-state index in [1.54, 1.807) is 11.3 Å². The van der Waals surface area contributed by atoms with Crippen LogP contribution in [0.2, 0.25) is 0 Å². The van der Waals surface area contributed by atoms with Crippen LogP contribution in [0.3, 0.4) is 0 Å². The third-order valence-electron chi connectivity index (χ3n) is 4.31. The molecule has 25 heavy (non-hydrogen) atoms. The highest BCUT2D eigenvalue weighted by Crippen LogP contribution is 2.18. The highest BCUT2D eigenvalue weighted by Gasteiger charge is 2.23. The van der Waals surface area contributed by atoms with E-state index < -0.39 is 0 Å². The first-order valence-electron chi connectivity index (χ1n) is 9.04. The molecule has 0 bridgehead atoms. The Morgan fingerprint density at radius 3 is 2.84 bits per heavy atom. The fourth-order valence-electron chi connectivity index (χ4n) is 2.96. The molecule has 1 aliphatic rings. The second kappa shape index (κ2) is 8.41. The van der Waals surface area contributed by atoms with Crippen molar-refractivity contribution in [1.82, 2.24) is 15.2 Å². The molecule has 0 aliphatic carbocycles. The van der Waals surface area contributed by atoms with Crippen molar-refractivity contribution in [1.29, 1.82) is 0 Å². The summed E-state index contributed by atoms with van der Waals surface area (Å²) in [4.78, 5) is 7.15. The van der Waals surface area contributed by atoms with Crippen molar-refractivity contribution in [2.45, 2.75) is 58.5 Å². The Labute approximate surface area is 155 Å². The van der Waals surface area contributed by atoms with Gasteiger partial charge in [0.2, 0.25) is 0 Å². The second-order valence-electron chi connectivity index (χ2n) is 7.78. The van der Waals surface area contributed by atoms with Gasteiger partial charge in [-0.3, -0.25) is 4.90 Å². The van der Waals surface area contributed by atoms with E-state index in [1.165, 1.54) is 5.56 Å². The second-order valence-corrected chi connectivity index (χ2v) is 8.72. The molecule has 0 radical (unpaired) electrons. The SMILES string of the molecule is CC(C)(C)NCc1nc(COC2CCN(Cc3ccccc3)C2)cs1. The van der Waals surface area contributed by atoms with Crippen LogP contribution < -0.4 is 5.32 Å². The van der Waals surface area contributed by atoms with E-state index >= 15 is 0 Å². The molecule has 1 saturated heterocycles. The molecule has 2 heterocycles. The summed E-state index contributed by atoms with van der Waals surface area (Å²) in [7, 11) is 0. The molecule has 136 valence electrons. The van der Waals surface area contributed by atoms with Crippen molar-refractivity contribution in [3.8, 4) is 0 Å². The molecule has 1 N–H and O–H groups in total. The maximum Gasteiger partial charge on any atom is 0.107 e. The Morgan fingerprint density at radius 1 is 1.28 bits per heavy atom. The van der Waals surface area contributed by atoms with Crippen LogP contribution in [-0.4, -0.2) is 34.6 Å². The summed E-state index contributed by atoms with van der Waals surface area (Å²) in [5, 5.41) is 6.73. The zero-order chi connectivity index (χ0) is 17.7. The summed E-state index contributed by atoms with van der Waals surface area (Å²) in [6, 6.07) is 10.7. The monoisotopic (exact) mass is 359 g/mol. The minimum absolute atomic E-state index is 0.119. The smallest absolute Gasteiger partial charge is 0.107 e. The molecule has 1 aromatic heterocycles. The minimum Gasteiger partial charge on any atom is -0.371 e. The topological polar surface area (TPSA) is 37.4 Å². The fraction of sp³-hybridized carbons (Fsp3) is 0.550. The number of thiazole rings is 1. The molecule has 0 saturated carbocycles. The molecule has 1 aliphatic heterocycles. The minimum atomic E-state index is 0.119. The number of benzene rings is 1. The number of ether oxygens (including phenoxy) is 1. The Bertz CT molecular complexity index is 650. The first-order chi connectivity index (χ1) is 12.0. The van der Waals surface area contributed by atoms with E-state index in [4.69, 9.17) is 4.74 Å². The zero-order valence-corrected chi connectivity index (χ0v) is 16.3. The largest absolute Gasteiger partial charge is 0.371 e. The van der Waals surface area contributed by atoms with Gasteiger partial charge < -0.3 is 10.1 Å². The van der Waals surface area contributed by atoms with E-state index in [9.17, 15) is 0 Å². The molecule has 2 aromatic rings.